The number of non-ortho nitro benzene ring substituents is 1. The van der Waals surface area contributed by atoms with Gasteiger partial charge >= 0.3 is 0 Å². The lowest BCUT2D eigenvalue weighted by Crippen LogP contribution is -2.27. The maximum Gasteiger partial charge on any atom is 0.270 e. The van der Waals surface area contributed by atoms with Gasteiger partial charge in [-0.05, 0) is 24.6 Å². The minimum atomic E-state index is -0.447. The molecule has 0 aliphatic carbocycles. The van der Waals surface area contributed by atoms with Crippen LogP contribution in [0.3, 0.4) is 0 Å². The number of aryl methyl sites for hydroxylation is 1. The fourth-order valence-electron chi connectivity index (χ4n) is 2.48. The van der Waals surface area contributed by atoms with Gasteiger partial charge in [-0.3, -0.25) is 19.8 Å². The van der Waals surface area contributed by atoms with Crippen LogP contribution >= 0.6 is 24.0 Å². The van der Waals surface area contributed by atoms with Crippen LogP contribution in [0.15, 0.2) is 52.3 Å². The molecule has 8 heteroatoms. The zero-order valence-electron chi connectivity index (χ0n) is 13.8. The van der Waals surface area contributed by atoms with Crippen molar-refractivity contribution in [3.8, 4) is 11.3 Å². The summed E-state index contributed by atoms with van der Waals surface area (Å²) in [5.41, 5.74) is 1.49. The normalized spacial score (nSPS) is 15.7. The average Bonchev–Trinajstić information content (AvgIpc) is 3.16. The number of furan rings is 1. The molecule has 132 valence electrons. The van der Waals surface area contributed by atoms with E-state index in [0.29, 0.717) is 32.9 Å². The molecule has 1 aromatic carbocycles. The quantitative estimate of drug-likeness (QED) is 0.247. The minimum absolute atomic E-state index is 0.00570. The van der Waals surface area contributed by atoms with Crippen LogP contribution in [-0.4, -0.2) is 26.6 Å². The van der Waals surface area contributed by atoms with Gasteiger partial charge in [-0.25, -0.2) is 0 Å². The lowest BCUT2D eigenvalue weighted by atomic mass is 10.1. The molecule has 0 spiro atoms. The van der Waals surface area contributed by atoms with Crippen LogP contribution in [0.5, 0.6) is 0 Å². The summed E-state index contributed by atoms with van der Waals surface area (Å²) < 4.78 is 6.25. The van der Waals surface area contributed by atoms with Crippen molar-refractivity contribution in [2.75, 3.05) is 6.54 Å². The summed E-state index contributed by atoms with van der Waals surface area (Å²) in [5.74, 6) is 0.786. The first-order valence-electron chi connectivity index (χ1n) is 7.62. The zero-order chi connectivity index (χ0) is 18.8. The molecule has 1 saturated heterocycles. The predicted molar refractivity (Wildman–Crippen MR) is 106 cm³/mol. The van der Waals surface area contributed by atoms with E-state index in [1.54, 1.807) is 30.4 Å². The maximum absolute atomic E-state index is 12.3. The number of hydrogen-bond donors (Lipinski definition) is 0. The topological polar surface area (TPSA) is 76.6 Å². The molecular weight excluding hydrogens is 372 g/mol. The maximum atomic E-state index is 12.3. The summed E-state index contributed by atoms with van der Waals surface area (Å²) in [6.07, 6.45) is 3.24. The van der Waals surface area contributed by atoms with E-state index in [0.717, 1.165) is 5.56 Å². The number of nitro groups is 1. The molecule has 2 heterocycles. The molecule has 1 fully saturated rings. The third-order valence-corrected chi connectivity index (χ3v) is 5.16. The number of benzene rings is 1. The van der Waals surface area contributed by atoms with Gasteiger partial charge in [0.15, 0.2) is 0 Å². The molecule has 0 radical (unpaired) electrons. The summed E-state index contributed by atoms with van der Waals surface area (Å²) in [6.45, 7) is 5.83. The third kappa shape index (κ3) is 3.47. The number of carbonyl (C=O) groups excluding carboxylic acids is 1. The van der Waals surface area contributed by atoms with Crippen molar-refractivity contribution in [3.63, 3.8) is 0 Å². The number of hydrogen-bond acceptors (Lipinski definition) is 6. The van der Waals surface area contributed by atoms with Crippen LogP contribution in [0, 0.1) is 17.0 Å². The van der Waals surface area contributed by atoms with E-state index >= 15 is 0 Å². The molecule has 1 aliphatic heterocycles. The van der Waals surface area contributed by atoms with Gasteiger partial charge in [-0.2, -0.15) is 0 Å². The largest absolute Gasteiger partial charge is 0.457 e. The van der Waals surface area contributed by atoms with Crippen LogP contribution < -0.4 is 0 Å². The van der Waals surface area contributed by atoms with Crippen LogP contribution in [0.25, 0.3) is 17.4 Å². The molecule has 26 heavy (non-hydrogen) atoms. The van der Waals surface area contributed by atoms with Crippen molar-refractivity contribution >= 4 is 46.0 Å². The van der Waals surface area contributed by atoms with Crippen LogP contribution in [-0.2, 0) is 4.79 Å². The van der Waals surface area contributed by atoms with E-state index in [1.807, 2.05) is 6.92 Å². The first kappa shape index (κ1) is 18.1. The number of amides is 1. The molecule has 6 nitrogen and oxygen atoms in total. The van der Waals surface area contributed by atoms with Crippen molar-refractivity contribution in [3.05, 3.63) is 69.3 Å². The Hall–Kier alpha value is -2.71. The van der Waals surface area contributed by atoms with Gasteiger partial charge in [0.2, 0.25) is 0 Å². The lowest BCUT2D eigenvalue weighted by Gasteiger charge is -2.10. The smallest absolute Gasteiger partial charge is 0.270 e. The molecule has 3 rings (SSSR count). The number of carbonyl (C=O) groups is 1. The van der Waals surface area contributed by atoms with Crippen molar-refractivity contribution in [1.29, 1.82) is 0 Å². The number of nitro benzene ring substituents is 1. The molecule has 1 aliphatic rings. The van der Waals surface area contributed by atoms with Gasteiger partial charge in [-0.15, -0.1) is 6.58 Å². The van der Waals surface area contributed by atoms with E-state index in [-0.39, 0.29) is 11.6 Å². The number of nitrogens with zero attached hydrogens (tertiary/aromatic N) is 2. The highest BCUT2D eigenvalue weighted by molar-refractivity contribution is 8.26. The highest BCUT2D eigenvalue weighted by Gasteiger charge is 2.31. The highest BCUT2D eigenvalue weighted by atomic mass is 32.2. The Kier molecular flexibility index (Phi) is 5.06. The van der Waals surface area contributed by atoms with Gasteiger partial charge in [0.25, 0.3) is 11.6 Å². The van der Waals surface area contributed by atoms with Gasteiger partial charge in [0, 0.05) is 30.3 Å². The Morgan fingerprint density at radius 3 is 2.85 bits per heavy atom. The van der Waals surface area contributed by atoms with Crippen LogP contribution in [0.4, 0.5) is 5.69 Å². The van der Waals surface area contributed by atoms with Gasteiger partial charge in [0.05, 0.1) is 9.83 Å². The second-order valence-corrected chi connectivity index (χ2v) is 7.22. The van der Waals surface area contributed by atoms with Crippen molar-refractivity contribution < 1.29 is 14.1 Å². The Morgan fingerprint density at radius 2 is 2.15 bits per heavy atom. The first-order valence-corrected chi connectivity index (χ1v) is 8.84. The molecule has 2 aromatic rings. The number of thioether (sulfide) groups is 1. The van der Waals surface area contributed by atoms with Gasteiger partial charge < -0.3 is 4.42 Å². The summed E-state index contributed by atoms with van der Waals surface area (Å²) in [6, 6.07) is 8.04. The predicted octanol–water partition coefficient (Wildman–Crippen LogP) is 4.55. The molecular formula is C18H14N2O4S2. The standard InChI is InChI=1S/C18H14N2O4S2/c1-3-8-19-17(21)16(26-18(19)25)10-13-6-7-15(24-13)14-9-12(20(22)23)5-4-11(14)2/h3-7,9-10H,1,8H2,2H3/b16-10+. The first-order chi connectivity index (χ1) is 12.4. The summed E-state index contributed by atoms with van der Waals surface area (Å²) >= 11 is 6.40. The van der Waals surface area contributed by atoms with E-state index in [4.69, 9.17) is 16.6 Å². The number of rotatable bonds is 5. The Balaban J connectivity index is 1.91. The molecule has 0 atom stereocenters. The average molecular weight is 386 g/mol. The van der Waals surface area contributed by atoms with Gasteiger partial charge in [-0.1, -0.05) is 36.1 Å². The monoisotopic (exact) mass is 386 g/mol. The minimum Gasteiger partial charge on any atom is -0.457 e. The van der Waals surface area contributed by atoms with Crippen molar-refractivity contribution in [2.45, 2.75) is 6.92 Å². The van der Waals surface area contributed by atoms with Crippen molar-refractivity contribution in [2.24, 2.45) is 0 Å². The fraction of sp³-hybridized carbons (Fsp3) is 0.111. The summed E-state index contributed by atoms with van der Waals surface area (Å²) in [4.78, 5) is 24.8. The second-order valence-electron chi connectivity index (χ2n) is 5.54. The number of thiocarbonyl (C=S) groups is 1. The fourth-order valence-corrected chi connectivity index (χ4v) is 3.74. The second kappa shape index (κ2) is 7.27. The SMILES string of the molecule is C=CCN1C(=O)/C(=C\c2ccc(-c3cc([N+](=O)[O-])ccc3C)o2)SC1=S. The van der Waals surface area contributed by atoms with Crippen LogP contribution in [0.2, 0.25) is 0 Å². The van der Waals surface area contributed by atoms with E-state index in [9.17, 15) is 14.9 Å². The molecule has 0 bridgehead atoms. The molecule has 0 unspecified atom stereocenters. The third-order valence-electron chi connectivity index (χ3n) is 3.78. The Morgan fingerprint density at radius 1 is 1.38 bits per heavy atom. The Labute approximate surface area is 159 Å². The summed E-state index contributed by atoms with van der Waals surface area (Å²) in [5, 5.41) is 11.0. The molecule has 0 saturated carbocycles. The van der Waals surface area contributed by atoms with Crippen molar-refractivity contribution in [1.82, 2.24) is 4.90 Å². The Bertz CT molecular complexity index is 962. The molecule has 1 amide bonds. The zero-order valence-corrected chi connectivity index (χ0v) is 15.4. The summed E-state index contributed by atoms with van der Waals surface area (Å²) in [7, 11) is 0. The lowest BCUT2D eigenvalue weighted by molar-refractivity contribution is -0.384. The van der Waals surface area contributed by atoms with E-state index in [1.165, 1.54) is 28.8 Å². The molecule has 1 aromatic heterocycles. The van der Waals surface area contributed by atoms with E-state index in [2.05, 4.69) is 6.58 Å². The van der Waals surface area contributed by atoms with Crippen LogP contribution in [0.1, 0.15) is 11.3 Å². The molecule has 0 N–H and O–H groups in total. The van der Waals surface area contributed by atoms with E-state index < -0.39 is 4.92 Å². The highest BCUT2D eigenvalue weighted by Crippen LogP contribution is 2.34. The van der Waals surface area contributed by atoms with Gasteiger partial charge in [0.1, 0.15) is 15.8 Å².